The average Bonchev–Trinajstić information content (AvgIpc) is 2.90. The lowest BCUT2D eigenvalue weighted by molar-refractivity contribution is 0.0591. The average molecular weight is 363 g/mol. The summed E-state index contributed by atoms with van der Waals surface area (Å²) >= 11 is 2.40. The van der Waals surface area contributed by atoms with E-state index in [2.05, 4.69) is 32.8 Å². The van der Waals surface area contributed by atoms with Gasteiger partial charge in [0.25, 0.3) is 5.91 Å². The highest BCUT2D eigenvalue weighted by Crippen LogP contribution is 2.17. The van der Waals surface area contributed by atoms with Gasteiger partial charge in [0.15, 0.2) is 5.76 Å². The van der Waals surface area contributed by atoms with E-state index in [4.69, 9.17) is 4.42 Å². The molecule has 0 aromatic carbocycles. The molecule has 2 heterocycles. The molecule has 1 aromatic heterocycles. The van der Waals surface area contributed by atoms with E-state index in [-0.39, 0.29) is 5.91 Å². The van der Waals surface area contributed by atoms with Crippen LogP contribution in [-0.2, 0) is 0 Å². The van der Waals surface area contributed by atoms with Crippen molar-refractivity contribution in [2.45, 2.75) is 4.05 Å². The molecule has 1 saturated heterocycles. The summed E-state index contributed by atoms with van der Waals surface area (Å²) in [6.45, 7) is 4.44. The first-order valence-corrected chi connectivity index (χ1v) is 7.32. The number of hydrogen-bond acceptors (Lipinski definition) is 4. The molecule has 1 aliphatic rings. The minimum atomic E-state index is -0.00469. The Morgan fingerprint density at radius 2 is 2.44 bits per heavy atom. The molecule has 1 unspecified atom stereocenters. The lowest BCUT2D eigenvalue weighted by atomic mass is 10.3. The fourth-order valence-corrected chi connectivity index (χ4v) is 3.06. The molecule has 0 radical (unpaired) electrons. The normalized spacial score (nSPS) is 21.2. The maximum absolute atomic E-state index is 12.1. The molecule has 5 nitrogen and oxygen atoms in total. The number of nitrogens with one attached hydrogen (secondary N) is 1. The number of hydrogen-bond donors (Lipinski definition) is 1. The number of rotatable bonds is 4. The number of likely N-dealkylation sites (N-methyl/N-ethyl adjacent to an activating group) is 1. The summed E-state index contributed by atoms with van der Waals surface area (Å²) in [7, 11) is 1.96. The van der Waals surface area contributed by atoms with E-state index in [9.17, 15) is 4.79 Å². The second-order valence-corrected chi connectivity index (χ2v) is 5.74. The van der Waals surface area contributed by atoms with Crippen LogP contribution in [0.5, 0.6) is 0 Å². The lowest BCUT2D eigenvalue weighted by Gasteiger charge is -2.38. The summed E-state index contributed by atoms with van der Waals surface area (Å²) in [5, 5.41) is 3.15. The van der Waals surface area contributed by atoms with Crippen molar-refractivity contribution in [3.05, 3.63) is 24.2 Å². The van der Waals surface area contributed by atoms with Crippen LogP contribution in [-0.4, -0.2) is 59.5 Å². The molecule has 6 heteroatoms. The molecule has 1 amide bonds. The minimum absolute atomic E-state index is 0.00469. The molecular formula is C12H18IN3O2. The number of furan rings is 1. The molecule has 0 saturated carbocycles. The van der Waals surface area contributed by atoms with E-state index in [0.29, 0.717) is 9.81 Å². The van der Waals surface area contributed by atoms with Gasteiger partial charge in [0.1, 0.15) is 0 Å². The van der Waals surface area contributed by atoms with Crippen molar-refractivity contribution in [2.24, 2.45) is 0 Å². The largest absolute Gasteiger partial charge is 0.459 e. The Hall–Kier alpha value is -0.600. The van der Waals surface area contributed by atoms with Crippen LogP contribution in [0.2, 0.25) is 0 Å². The molecule has 1 N–H and O–H groups in total. The minimum Gasteiger partial charge on any atom is -0.459 e. The van der Waals surface area contributed by atoms with Crippen LogP contribution in [0.4, 0.5) is 0 Å². The summed E-state index contributed by atoms with van der Waals surface area (Å²) in [6, 6.07) is 3.47. The zero-order valence-corrected chi connectivity index (χ0v) is 12.6. The summed E-state index contributed by atoms with van der Waals surface area (Å²) in [6.07, 6.45) is 1.54. The van der Waals surface area contributed by atoms with Gasteiger partial charge in [0, 0.05) is 32.7 Å². The van der Waals surface area contributed by atoms with E-state index < -0.39 is 0 Å². The molecule has 2 rings (SSSR count). The van der Waals surface area contributed by atoms with Crippen LogP contribution in [0.15, 0.2) is 22.8 Å². The van der Waals surface area contributed by atoms with Crippen molar-refractivity contribution < 1.29 is 9.21 Å². The maximum Gasteiger partial charge on any atom is 0.289 e. The zero-order valence-electron chi connectivity index (χ0n) is 10.4. The molecular weight excluding hydrogens is 345 g/mol. The predicted octanol–water partition coefficient (Wildman–Crippen LogP) is 1.02. The fraction of sp³-hybridized carbons (Fsp3) is 0.583. The SMILES string of the molecule is CNCCN1CCN(C(=O)c2ccco2)CC1I. The van der Waals surface area contributed by atoms with Crippen LogP contribution in [0.3, 0.4) is 0 Å². The molecule has 100 valence electrons. The topological polar surface area (TPSA) is 48.7 Å². The van der Waals surface area contributed by atoms with Gasteiger partial charge in [-0.15, -0.1) is 0 Å². The number of piperazine rings is 1. The highest BCUT2D eigenvalue weighted by Gasteiger charge is 2.28. The van der Waals surface area contributed by atoms with Crippen molar-refractivity contribution in [2.75, 3.05) is 39.8 Å². The summed E-state index contributed by atoms with van der Waals surface area (Å²) < 4.78 is 5.52. The first kappa shape index (κ1) is 13.8. The Bertz CT molecular complexity index is 383. The highest BCUT2D eigenvalue weighted by atomic mass is 127. The van der Waals surface area contributed by atoms with Gasteiger partial charge in [-0.05, 0) is 19.2 Å². The molecule has 18 heavy (non-hydrogen) atoms. The van der Waals surface area contributed by atoms with Crippen molar-refractivity contribution in [3.63, 3.8) is 0 Å². The van der Waals surface area contributed by atoms with Crippen LogP contribution >= 0.6 is 22.6 Å². The Labute approximate surface area is 121 Å². The smallest absolute Gasteiger partial charge is 0.289 e. The molecule has 0 spiro atoms. The summed E-state index contributed by atoms with van der Waals surface area (Å²) in [5.74, 6) is 0.428. The van der Waals surface area contributed by atoms with Crippen LogP contribution in [0.1, 0.15) is 10.6 Å². The Morgan fingerprint density at radius 1 is 1.61 bits per heavy atom. The Kier molecular flexibility index (Phi) is 5.02. The quantitative estimate of drug-likeness (QED) is 0.493. The monoisotopic (exact) mass is 363 g/mol. The van der Waals surface area contributed by atoms with Gasteiger partial charge in [0.05, 0.1) is 10.3 Å². The first-order chi connectivity index (χ1) is 8.72. The Morgan fingerprint density at radius 3 is 3.06 bits per heavy atom. The Balaban J connectivity index is 1.90. The molecule has 0 bridgehead atoms. The third-order valence-electron chi connectivity index (χ3n) is 3.09. The van der Waals surface area contributed by atoms with Crippen molar-refractivity contribution in [3.8, 4) is 0 Å². The number of nitrogens with zero attached hydrogens (tertiary/aromatic N) is 2. The lowest BCUT2D eigenvalue weighted by Crippen LogP contribution is -2.53. The van der Waals surface area contributed by atoms with Crippen LogP contribution in [0, 0.1) is 0 Å². The van der Waals surface area contributed by atoms with E-state index in [1.165, 1.54) is 6.26 Å². The predicted molar refractivity (Wildman–Crippen MR) is 77.9 cm³/mol. The van der Waals surface area contributed by atoms with E-state index >= 15 is 0 Å². The number of carbonyl (C=O) groups is 1. The molecule has 1 atom stereocenters. The van der Waals surface area contributed by atoms with Gasteiger partial charge in [-0.2, -0.15) is 0 Å². The third kappa shape index (κ3) is 3.24. The zero-order chi connectivity index (χ0) is 13.0. The van der Waals surface area contributed by atoms with Crippen molar-refractivity contribution >= 4 is 28.5 Å². The third-order valence-corrected chi connectivity index (χ3v) is 4.27. The molecule has 1 aromatic rings. The van der Waals surface area contributed by atoms with Crippen molar-refractivity contribution in [1.82, 2.24) is 15.1 Å². The van der Waals surface area contributed by atoms with E-state index in [1.54, 1.807) is 12.1 Å². The second kappa shape index (κ2) is 6.53. The van der Waals surface area contributed by atoms with Crippen LogP contribution in [0.25, 0.3) is 0 Å². The van der Waals surface area contributed by atoms with Crippen molar-refractivity contribution in [1.29, 1.82) is 0 Å². The molecule has 1 aliphatic heterocycles. The molecule has 1 fully saturated rings. The number of carbonyl (C=O) groups excluding carboxylic acids is 1. The standard InChI is InChI=1S/C12H18IN3O2/c1-14-4-5-15-6-7-16(9-11(15)13)12(17)10-3-2-8-18-10/h2-3,8,11,14H,4-7,9H2,1H3. The van der Waals surface area contributed by atoms with Crippen LogP contribution < -0.4 is 5.32 Å². The highest BCUT2D eigenvalue weighted by molar-refractivity contribution is 14.1. The van der Waals surface area contributed by atoms with Gasteiger partial charge in [-0.3, -0.25) is 9.69 Å². The van der Waals surface area contributed by atoms with Gasteiger partial charge in [-0.25, -0.2) is 0 Å². The molecule has 0 aliphatic carbocycles. The maximum atomic E-state index is 12.1. The first-order valence-electron chi connectivity index (χ1n) is 6.08. The fourth-order valence-electron chi connectivity index (χ4n) is 2.03. The summed E-state index contributed by atoms with van der Waals surface area (Å²) in [4.78, 5) is 16.4. The second-order valence-electron chi connectivity index (χ2n) is 4.30. The van der Waals surface area contributed by atoms with E-state index in [1.807, 2.05) is 11.9 Å². The van der Waals surface area contributed by atoms with Gasteiger partial charge >= 0.3 is 0 Å². The number of amides is 1. The number of halogens is 1. The number of alkyl halides is 1. The van der Waals surface area contributed by atoms with Gasteiger partial charge in [-0.1, -0.05) is 22.6 Å². The summed E-state index contributed by atoms with van der Waals surface area (Å²) in [5.41, 5.74) is 0. The van der Waals surface area contributed by atoms with Gasteiger partial charge in [0.2, 0.25) is 0 Å². The van der Waals surface area contributed by atoms with E-state index in [0.717, 1.165) is 32.7 Å². The van der Waals surface area contributed by atoms with Gasteiger partial charge < -0.3 is 14.6 Å².